The molecule has 1 fully saturated rings. The van der Waals surface area contributed by atoms with Gasteiger partial charge in [0.25, 0.3) is 5.91 Å². The lowest BCUT2D eigenvalue weighted by Gasteiger charge is -2.34. The number of nitrogens with zero attached hydrogens (tertiary/aromatic N) is 2. The number of benzene rings is 1. The van der Waals surface area contributed by atoms with Crippen molar-refractivity contribution in [3.63, 3.8) is 0 Å². The summed E-state index contributed by atoms with van der Waals surface area (Å²) in [5, 5.41) is 2.67. The number of ether oxygens (including phenoxy) is 2. The number of pyridine rings is 1. The molecule has 0 radical (unpaired) electrons. The molecule has 10 heteroatoms. The second kappa shape index (κ2) is 8.59. The molecule has 1 atom stereocenters. The molecular formula is C18H17BrClF2N3O3. The van der Waals surface area contributed by atoms with Gasteiger partial charge in [0.15, 0.2) is 0 Å². The first-order chi connectivity index (χ1) is 13.2. The van der Waals surface area contributed by atoms with E-state index in [4.69, 9.17) is 16.3 Å². The number of nitrogens with one attached hydrogen (secondary N) is 1. The maximum Gasteiger partial charge on any atom is 0.487 e. The highest BCUT2D eigenvalue weighted by Gasteiger charge is 2.27. The van der Waals surface area contributed by atoms with Crippen LogP contribution < -0.4 is 15.0 Å². The van der Waals surface area contributed by atoms with Gasteiger partial charge in [0.1, 0.15) is 11.6 Å². The normalized spacial score (nSPS) is 17.3. The van der Waals surface area contributed by atoms with Gasteiger partial charge in [-0.15, -0.1) is 8.78 Å². The Morgan fingerprint density at radius 3 is 2.75 bits per heavy atom. The molecule has 3 rings (SSSR count). The Kier molecular flexibility index (Phi) is 6.36. The molecule has 1 aliphatic rings. The summed E-state index contributed by atoms with van der Waals surface area (Å²) >= 11 is 8.19. The van der Waals surface area contributed by atoms with Gasteiger partial charge in [-0.1, -0.05) is 0 Å². The summed E-state index contributed by atoms with van der Waals surface area (Å²) in [5.41, 5.74) is -3.02. The molecule has 1 amide bonds. The van der Waals surface area contributed by atoms with Crippen molar-refractivity contribution in [2.45, 2.75) is 18.5 Å². The molecule has 0 spiro atoms. The minimum absolute atomic E-state index is 0.119. The lowest BCUT2D eigenvalue weighted by Crippen LogP contribution is -2.44. The highest BCUT2D eigenvalue weighted by Crippen LogP contribution is 2.28. The third-order valence-corrected chi connectivity index (χ3v) is 4.73. The van der Waals surface area contributed by atoms with Crippen LogP contribution in [0.5, 0.6) is 5.75 Å². The first-order valence-corrected chi connectivity index (χ1v) is 9.57. The van der Waals surface area contributed by atoms with Gasteiger partial charge in [0.2, 0.25) is 0 Å². The number of carbonyl (C=O) groups is 1. The molecule has 150 valence electrons. The Morgan fingerprint density at radius 1 is 1.43 bits per heavy atom. The van der Waals surface area contributed by atoms with Crippen LogP contribution in [-0.2, 0) is 4.74 Å². The van der Waals surface area contributed by atoms with E-state index in [0.29, 0.717) is 35.5 Å². The molecule has 1 saturated heterocycles. The van der Waals surface area contributed by atoms with E-state index in [1.165, 1.54) is 30.5 Å². The molecule has 2 aromatic rings. The van der Waals surface area contributed by atoms with Crippen LogP contribution in [0.2, 0.25) is 0 Å². The molecule has 0 aliphatic carbocycles. The van der Waals surface area contributed by atoms with E-state index >= 15 is 0 Å². The highest BCUT2D eigenvalue weighted by atomic mass is 79.9. The number of carbonyl (C=O) groups excluding carboxylic acids is 1. The maximum atomic E-state index is 12.6. The van der Waals surface area contributed by atoms with E-state index in [0.717, 1.165) is 5.82 Å². The average molecular weight is 477 g/mol. The molecule has 1 N–H and O–H groups in total. The van der Waals surface area contributed by atoms with Crippen LogP contribution >= 0.6 is 27.5 Å². The molecule has 0 unspecified atom stereocenters. The highest BCUT2D eigenvalue weighted by molar-refractivity contribution is 9.10. The fourth-order valence-corrected chi connectivity index (χ4v) is 3.42. The Bertz CT molecular complexity index is 849. The van der Waals surface area contributed by atoms with Crippen molar-refractivity contribution >= 4 is 44.9 Å². The average Bonchev–Trinajstić information content (AvgIpc) is 2.63. The van der Waals surface area contributed by atoms with E-state index in [9.17, 15) is 13.6 Å². The SMILES string of the molecule is C[C@@H]1COCCN1c1ncc(C(=O)Nc2ccc(OC(F)(F)Cl)cc2)cc1Br. The first kappa shape index (κ1) is 20.8. The zero-order valence-corrected chi connectivity index (χ0v) is 17.1. The van der Waals surface area contributed by atoms with Crippen LogP contribution in [0, 0.1) is 0 Å². The van der Waals surface area contributed by atoms with E-state index in [2.05, 4.69) is 35.9 Å². The number of aromatic nitrogens is 1. The van der Waals surface area contributed by atoms with Gasteiger partial charge in [-0.2, -0.15) is 0 Å². The largest absolute Gasteiger partial charge is 0.487 e. The number of alkyl halides is 3. The fourth-order valence-electron chi connectivity index (χ4n) is 2.75. The summed E-state index contributed by atoms with van der Waals surface area (Å²) < 4.78 is 35.6. The Balaban J connectivity index is 1.68. The van der Waals surface area contributed by atoms with E-state index in [1.807, 2.05) is 6.92 Å². The van der Waals surface area contributed by atoms with Crippen molar-refractivity contribution in [1.29, 1.82) is 0 Å². The quantitative estimate of drug-likeness (QED) is 0.644. The number of morpholine rings is 1. The maximum absolute atomic E-state index is 12.6. The molecule has 0 saturated carbocycles. The molecular weight excluding hydrogens is 460 g/mol. The zero-order chi connectivity index (χ0) is 20.3. The molecule has 0 bridgehead atoms. The molecule has 1 aliphatic heterocycles. The minimum atomic E-state index is -3.79. The van der Waals surface area contributed by atoms with Crippen LogP contribution in [0.15, 0.2) is 41.0 Å². The zero-order valence-electron chi connectivity index (χ0n) is 14.8. The summed E-state index contributed by atoms with van der Waals surface area (Å²) in [6, 6.07) is 7.29. The summed E-state index contributed by atoms with van der Waals surface area (Å²) in [5.74, 6) is 0.244. The van der Waals surface area contributed by atoms with Crippen molar-refractivity contribution in [3.8, 4) is 5.75 Å². The summed E-state index contributed by atoms with van der Waals surface area (Å²) in [4.78, 5) is 19.0. The van der Waals surface area contributed by atoms with Gasteiger partial charge in [-0.3, -0.25) is 4.79 Å². The number of hydrogen-bond acceptors (Lipinski definition) is 5. The van der Waals surface area contributed by atoms with Crippen LogP contribution in [0.1, 0.15) is 17.3 Å². The lowest BCUT2D eigenvalue weighted by molar-refractivity contribution is -0.0964. The third kappa shape index (κ3) is 5.30. The number of rotatable bonds is 5. The molecule has 1 aromatic carbocycles. The number of halogens is 4. The van der Waals surface area contributed by atoms with Gasteiger partial charge in [-0.05, 0) is 53.2 Å². The minimum Gasteiger partial charge on any atom is -0.420 e. The summed E-state index contributed by atoms with van der Waals surface area (Å²) in [6.07, 6.45) is 1.49. The Morgan fingerprint density at radius 2 is 2.14 bits per heavy atom. The molecule has 1 aromatic heterocycles. The number of amides is 1. The van der Waals surface area contributed by atoms with Gasteiger partial charge >= 0.3 is 5.57 Å². The van der Waals surface area contributed by atoms with Gasteiger partial charge in [0, 0.05) is 30.0 Å². The van der Waals surface area contributed by atoms with E-state index in [1.54, 1.807) is 6.07 Å². The Labute approximate surface area is 173 Å². The summed E-state index contributed by atoms with van der Waals surface area (Å²) in [7, 11) is 0. The van der Waals surface area contributed by atoms with Crippen molar-refractivity contribution in [1.82, 2.24) is 4.98 Å². The second-order valence-corrected chi connectivity index (χ2v) is 7.47. The molecule has 28 heavy (non-hydrogen) atoms. The van der Waals surface area contributed by atoms with Crippen molar-refractivity contribution < 1.29 is 23.0 Å². The van der Waals surface area contributed by atoms with E-state index < -0.39 is 5.57 Å². The third-order valence-electron chi connectivity index (χ3n) is 4.07. The predicted octanol–water partition coefficient (Wildman–Crippen LogP) is 4.49. The number of anilines is 2. The van der Waals surface area contributed by atoms with Crippen LogP contribution in [-0.4, -0.2) is 42.3 Å². The van der Waals surface area contributed by atoms with Crippen molar-refractivity contribution in [3.05, 3.63) is 46.6 Å². The van der Waals surface area contributed by atoms with Crippen molar-refractivity contribution in [2.75, 3.05) is 30.0 Å². The summed E-state index contributed by atoms with van der Waals surface area (Å²) in [6.45, 7) is 4.00. The van der Waals surface area contributed by atoms with Gasteiger partial charge in [0.05, 0.1) is 29.3 Å². The van der Waals surface area contributed by atoms with Gasteiger partial charge in [-0.25, -0.2) is 4.98 Å². The monoisotopic (exact) mass is 475 g/mol. The fraction of sp³-hybridized carbons (Fsp3) is 0.333. The smallest absolute Gasteiger partial charge is 0.420 e. The number of hydrogen-bond donors (Lipinski definition) is 1. The topological polar surface area (TPSA) is 63.7 Å². The van der Waals surface area contributed by atoms with E-state index in [-0.39, 0.29) is 17.7 Å². The van der Waals surface area contributed by atoms with Crippen LogP contribution in [0.4, 0.5) is 20.3 Å². The van der Waals surface area contributed by atoms with Crippen LogP contribution in [0.25, 0.3) is 0 Å². The first-order valence-electron chi connectivity index (χ1n) is 8.40. The van der Waals surface area contributed by atoms with Crippen LogP contribution in [0.3, 0.4) is 0 Å². The lowest BCUT2D eigenvalue weighted by atomic mass is 10.2. The molecule has 6 nitrogen and oxygen atoms in total. The second-order valence-electron chi connectivity index (χ2n) is 6.17. The molecule has 2 heterocycles. The Hall–Kier alpha value is -1.97. The van der Waals surface area contributed by atoms with Gasteiger partial charge < -0.3 is 19.7 Å². The predicted molar refractivity (Wildman–Crippen MR) is 105 cm³/mol. The van der Waals surface area contributed by atoms with Crippen molar-refractivity contribution in [2.24, 2.45) is 0 Å². The standard InChI is InChI=1S/C18H17BrClF2N3O3/c1-11-10-27-7-6-25(11)16-15(19)8-12(9-23-16)17(26)24-13-2-4-14(5-3-13)28-18(20,21)22/h2-5,8-9,11H,6-7,10H2,1H3,(H,24,26)/t11-/m1/s1.